The zero-order valence-corrected chi connectivity index (χ0v) is 21.3. The molecule has 192 valence electrons. The van der Waals surface area contributed by atoms with E-state index in [2.05, 4.69) is 16.4 Å². The van der Waals surface area contributed by atoms with Crippen molar-refractivity contribution in [3.05, 3.63) is 60.2 Å². The second-order valence-corrected chi connectivity index (χ2v) is 12.6. The van der Waals surface area contributed by atoms with E-state index in [1.807, 2.05) is 24.3 Å². The number of aromatic nitrogens is 1. The summed E-state index contributed by atoms with van der Waals surface area (Å²) in [6.45, 7) is 2.13. The predicted molar refractivity (Wildman–Crippen MR) is 137 cm³/mol. The van der Waals surface area contributed by atoms with Gasteiger partial charge in [-0.05, 0) is 92.0 Å². The van der Waals surface area contributed by atoms with E-state index in [9.17, 15) is 17.6 Å². The molecule has 0 radical (unpaired) electrons. The molecule has 2 aliphatic carbocycles. The Balaban J connectivity index is 1.33. The first-order chi connectivity index (χ1) is 17.3. The normalized spacial score (nSPS) is 30.9. The lowest BCUT2D eigenvalue weighted by atomic mass is 9.58. The molecule has 1 amide bonds. The Morgan fingerprint density at radius 3 is 2.72 bits per heavy atom. The van der Waals surface area contributed by atoms with E-state index in [1.54, 1.807) is 19.2 Å². The SMILES string of the molecule is CCOC(=O)N[C@@H]1CC[C@@H]2[C@@H](C1)C[C@H]1CS(=O)(=O)C[C@H]1[C@H]2/C=C/c1ccc(-c2cccc(F)c2)cn1. The van der Waals surface area contributed by atoms with E-state index < -0.39 is 9.84 Å². The third-order valence-electron chi connectivity index (χ3n) is 8.19. The quantitative estimate of drug-likeness (QED) is 0.602. The van der Waals surface area contributed by atoms with Crippen LogP contribution in [0.5, 0.6) is 0 Å². The zero-order chi connectivity index (χ0) is 25.3. The van der Waals surface area contributed by atoms with Crippen molar-refractivity contribution in [1.29, 1.82) is 0 Å². The summed E-state index contributed by atoms with van der Waals surface area (Å²) in [4.78, 5) is 16.5. The van der Waals surface area contributed by atoms with E-state index in [0.29, 0.717) is 18.4 Å². The maximum absolute atomic E-state index is 13.6. The van der Waals surface area contributed by atoms with Crippen LogP contribution in [0.25, 0.3) is 17.2 Å². The fourth-order valence-electron chi connectivity index (χ4n) is 6.70. The van der Waals surface area contributed by atoms with Gasteiger partial charge in [0.1, 0.15) is 5.82 Å². The zero-order valence-electron chi connectivity index (χ0n) is 20.5. The summed E-state index contributed by atoms with van der Waals surface area (Å²) in [6, 6.07) is 10.4. The summed E-state index contributed by atoms with van der Waals surface area (Å²) in [5, 5.41) is 2.99. The standard InChI is InChI=1S/C28H33FN2O4S/c1-2-35-28(32)31-24-9-10-25-20(14-24)12-21-16-36(33,34)17-27(21)26(25)11-8-23-7-6-19(15-30-23)18-4-3-5-22(29)13-18/h3-8,11,13,15,20-21,24-27H,2,9-10,12,14,16-17H2,1H3,(H,31,32)/b11-8+/t20-,21+,24-,25-,26+,27-/m1/s1. The van der Waals surface area contributed by atoms with Crippen LogP contribution in [0.2, 0.25) is 0 Å². The predicted octanol–water partition coefficient (Wildman–Crippen LogP) is 5.11. The van der Waals surface area contributed by atoms with Crippen LogP contribution in [0, 0.1) is 35.4 Å². The van der Waals surface area contributed by atoms with E-state index >= 15 is 0 Å². The number of rotatable bonds is 5. The van der Waals surface area contributed by atoms with E-state index in [0.717, 1.165) is 42.5 Å². The molecule has 1 aromatic heterocycles. The molecule has 5 rings (SSSR count). The molecule has 36 heavy (non-hydrogen) atoms. The summed E-state index contributed by atoms with van der Waals surface area (Å²) >= 11 is 0. The topological polar surface area (TPSA) is 85.4 Å². The number of carbonyl (C=O) groups is 1. The first kappa shape index (κ1) is 24.9. The van der Waals surface area contributed by atoms with Crippen LogP contribution in [0.4, 0.5) is 9.18 Å². The molecule has 2 heterocycles. The molecule has 1 aliphatic heterocycles. The van der Waals surface area contributed by atoms with Crippen LogP contribution in [0.3, 0.4) is 0 Å². The lowest BCUT2D eigenvalue weighted by molar-refractivity contribution is 0.0455. The lowest BCUT2D eigenvalue weighted by Crippen LogP contribution is -2.47. The van der Waals surface area contributed by atoms with Crippen LogP contribution in [-0.2, 0) is 14.6 Å². The number of nitrogens with one attached hydrogen (secondary N) is 1. The number of hydrogen-bond donors (Lipinski definition) is 1. The molecule has 0 bridgehead atoms. The summed E-state index contributed by atoms with van der Waals surface area (Å²) < 4.78 is 43.8. The lowest BCUT2D eigenvalue weighted by Gasteiger charge is -2.48. The van der Waals surface area contributed by atoms with Crippen molar-refractivity contribution in [3.8, 4) is 11.1 Å². The molecule has 6 nitrogen and oxygen atoms in total. The van der Waals surface area contributed by atoms with Crippen LogP contribution in [-0.4, -0.2) is 43.6 Å². The van der Waals surface area contributed by atoms with Gasteiger partial charge in [-0.15, -0.1) is 0 Å². The number of allylic oxidation sites excluding steroid dienone is 1. The van der Waals surface area contributed by atoms with Gasteiger partial charge in [0, 0.05) is 17.8 Å². The Labute approximate surface area is 212 Å². The van der Waals surface area contributed by atoms with Gasteiger partial charge in [-0.25, -0.2) is 17.6 Å². The van der Waals surface area contributed by atoms with Crippen molar-refractivity contribution in [3.63, 3.8) is 0 Å². The van der Waals surface area contributed by atoms with Crippen LogP contribution < -0.4 is 5.32 Å². The summed E-state index contributed by atoms with van der Waals surface area (Å²) in [5.74, 6) is 1.47. The summed E-state index contributed by atoms with van der Waals surface area (Å²) in [5.41, 5.74) is 2.42. The molecule has 2 aromatic rings. The Morgan fingerprint density at radius 1 is 1.11 bits per heavy atom. The number of benzene rings is 1. The second-order valence-electron chi connectivity index (χ2n) is 10.5. The maximum Gasteiger partial charge on any atom is 0.407 e. The molecule has 3 fully saturated rings. The number of ether oxygens (including phenoxy) is 1. The van der Waals surface area contributed by atoms with E-state index in [-0.39, 0.29) is 47.2 Å². The molecule has 3 aliphatic rings. The van der Waals surface area contributed by atoms with E-state index in [4.69, 9.17) is 4.74 Å². The van der Waals surface area contributed by atoms with E-state index in [1.165, 1.54) is 12.1 Å². The van der Waals surface area contributed by atoms with Gasteiger partial charge in [-0.1, -0.05) is 24.3 Å². The first-order valence-corrected chi connectivity index (χ1v) is 14.7. The minimum atomic E-state index is -3.04. The molecule has 0 unspecified atom stereocenters. The Kier molecular flexibility index (Phi) is 7.15. The number of halogens is 1. The third kappa shape index (κ3) is 5.48. The van der Waals surface area contributed by atoms with Gasteiger partial charge in [-0.3, -0.25) is 4.98 Å². The minimum absolute atomic E-state index is 0.0709. The number of hydrogen-bond acceptors (Lipinski definition) is 5. The van der Waals surface area contributed by atoms with Gasteiger partial charge in [0.15, 0.2) is 9.84 Å². The highest BCUT2D eigenvalue weighted by molar-refractivity contribution is 7.91. The minimum Gasteiger partial charge on any atom is -0.450 e. The molecule has 6 atom stereocenters. The van der Waals surface area contributed by atoms with Gasteiger partial charge >= 0.3 is 6.09 Å². The van der Waals surface area contributed by atoms with Gasteiger partial charge in [0.2, 0.25) is 0 Å². The first-order valence-electron chi connectivity index (χ1n) is 12.8. The molecule has 1 saturated heterocycles. The van der Waals surface area contributed by atoms with Gasteiger partial charge in [0.05, 0.1) is 23.8 Å². The fourth-order valence-corrected chi connectivity index (χ4v) is 8.95. The van der Waals surface area contributed by atoms with Gasteiger partial charge < -0.3 is 10.1 Å². The van der Waals surface area contributed by atoms with Crippen LogP contribution >= 0.6 is 0 Å². The molecular formula is C28H33FN2O4S. The van der Waals surface area contributed by atoms with Crippen LogP contribution in [0.1, 0.15) is 38.3 Å². The van der Waals surface area contributed by atoms with Crippen molar-refractivity contribution in [1.82, 2.24) is 10.3 Å². The highest BCUT2D eigenvalue weighted by Crippen LogP contribution is 2.52. The largest absolute Gasteiger partial charge is 0.450 e. The molecule has 8 heteroatoms. The summed E-state index contributed by atoms with van der Waals surface area (Å²) in [6.07, 6.45) is 9.14. The van der Waals surface area contributed by atoms with Crippen molar-refractivity contribution < 1.29 is 22.3 Å². The average Bonchev–Trinajstić information content (AvgIpc) is 3.15. The number of carbonyl (C=O) groups excluding carboxylic acids is 1. The number of nitrogens with zero attached hydrogens (tertiary/aromatic N) is 1. The van der Waals surface area contributed by atoms with Crippen molar-refractivity contribution in [2.24, 2.45) is 29.6 Å². The fraction of sp³-hybridized carbons (Fsp3) is 0.500. The monoisotopic (exact) mass is 512 g/mol. The second kappa shape index (κ2) is 10.3. The molecular weight excluding hydrogens is 479 g/mol. The molecule has 2 saturated carbocycles. The van der Waals surface area contributed by atoms with Crippen molar-refractivity contribution in [2.75, 3.05) is 18.1 Å². The Bertz CT molecular complexity index is 1230. The molecule has 1 N–H and O–H groups in total. The van der Waals surface area contributed by atoms with Crippen LogP contribution in [0.15, 0.2) is 48.7 Å². The number of pyridine rings is 1. The highest BCUT2D eigenvalue weighted by atomic mass is 32.2. The number of sulfone groups is 1. The Morgan fingerprint density at radius 2 is 1.97 bits per heavy atom. The number of amides is 1. The van der Waals surface area contributed by atoms with Gasteiger partial charge in [-0.2, -0.15) is 0 Å². The summed E-state index contributed by atoms with van der Waals surface area (Å²) in [7, 11) is -3.04. The third-order valence-corrected chi connectivity index (χ3v) is 10.0. The smallest absolute Gasteiger partial charge is 0.407 e. The maximum atomic E-state index is 13.6. The Hall–Kier alpha value is -2.74. The number of fused-ring (bicyclic) bond motifs is 2. The average molecular weight is 513 g/mol. The highest BCUT2D eigenvalue weighted by Gasteiger charge is 2.51. The number of alkyl carbamates (subject to hydrolysis) is 1. The van der Waals surface area contributed by atoms with Gasteiger partial charge in [0.25, 0.3) is 0 Å². The van der Waals surface area contributed by atoms with Crippen molar-refractivity contribution >= 4 is 22.0 Å². The molecule has 0 spiro atoms. The van der Waals surface area contributed by atoms with Crippen molar-refractivity contribution in [2.45, 2.75) is 38.6 Å². The molecule has 1 aromatic carbocycles.